The van der Waals surface area contributed by atoms with E-state index in [0.29, 0.717) is 6.61 Å². The lowest BCUT2D eigenvalue weighted by molar-refractivity contribution is 0.268. The zero-order chi connectivity index (χ0) is 13.4. The Hall–Kier alpha value is -1.20. The maximum atomic E-state index is 6.13. The van der Waals surface area contributed by atoms with Gasteiger partial charge in [-0.3, -0.25) is 0 Å². The SMILES string of the molecule is CC(C)(C)[Si](C)(C)OCc1nc2ncccc2[nH]1. The molecule has 2 heterocycles. The van der Waals surface area contributed by atoms with E-state index in [0.717, 1.165) is 17.0 Å². The minimum Gasteiger partial charge on any atom is -0.409 e. The molecule has 0 amide bonds. The predicted molar refractivity (Wildman–Crippen MR) is 75.9 cm³/mol. The van der Waals surface area contributed by atoms with Crippen LogP contribution >= 0.6 is 0 Å². The van der Waals surface area contributed by atoms with Crippen LogP contribution in [0.3, 0.4) is 0 Å². The first-order chi connectivity index (χ1) is 8.29. The molecule has 0 spiro atoms. The molecule has 0 radical (unpaired) electrons. The number of pyridine rings is 1. The van der Waals surface area contributed by atoms with Gasteiger partial charge in [-0.25, -0.2) is 9.97 Å². The molecule has 0 saturated heterocycles. The van der Waals surface area contributed by atoms with Crippen LogP contribution in [0.15, 0.2) is 18.3 Å². The van der Waals surface area contributed by atoms with Gasteiger partial charge in [0.05, 0.1) is 12.1 Å². The van der Waals surface area contributed by atoms with Crippen molar-refractivity contribution < 1.29 is 4.43 Å². The summed E-state index contributed by atoms with van der Waals surface area (Å²) in [7, 11) is -1.72. The zero-order valence-electron chi connectivity index (χ0n) is 11.7. The highest BCUT2D eigenvalue weighted by Gasteiger charge is 2.37. The fourth-order valence-corrected chi connectivity index (χ4v) is 2.36. The van der Waals surface area contributed by atoms with Crippen LogP contribution in [0.2, 0.25) is 18.1 Å². The molecule has 2 rings (SSSR count). The van der Waals surface area contributed by atoms with Gasteiger partial charge in [-0.05, 0) is 30.3 Å². The molecular formula is C13H21N3OSi. The Bertz CT molecular complexity index is 509. The number of nitrogens with zero attached hydrogens (tertiary/aromatic N) is 2. The van der Waals surface area contributed by atoms with Crippen molar-refractivity contribution in [3.63, 3.8) is 0 Å². The lowest BCUT2D eigenvalue weighted by Gasteiger charge is -2.35. The number of aromatic amines is 1. The van der Waals surface area contributed by atoms with Crippen molar-refractivity contribution in [3.05, 3.63) is 24.2 Å². The van der Waals surface area contributed by atoms with Crippen molar-refractivity contribution in [2.45, 2.75) is 45.5 Å². The maximum absolute atomic E-state index is 6.13. The average Bonchev–Trinajstić information content (AvgIpc) is 2.67. The van der Waals surface area contributed by atoms with Crippen molar-refractivity contribution in [3.8, 4) is 0 Å². The largest absolute Gasteiger partial charge is 0.409 e. The molecule has 2 aromatic heterocycles. The van der Waals surface area contributed by atoms with E-state index in [9.17, 15) is 0 Å². The van der Waals surface area contributed by atoms with Gasteiger partial charge in [0.25, 0.3) is 0 Å². The molecule has 2 aromatic rings. The van der Waals surface area contributed by atoms with E-state index in [1.807, 2.05) is 12.1 Å². The van der Waals surface area contributed by atoms with Crippen molar-refractivity contribution in [2.24, 2.45) is 0 Å². The molecular weight excluding hydrogens is 242 g/mol. The van der Waals surface area contributed by atoms with E-state index >= 15 is 0 Å². The third kappa shape index (κ3) is 2.62. The molecule has 0 fully saturated rings. The first-order valence-electron chi connectivity index (χ1n) is 6.23. The Morgan fingerprint density at radius 2 is 2.06 bits per heavy atom. The van der Waals surface area contributed by atoms with Gasteiger partial charge in [0.15, 0.2) is 14.0 Å². The first-order valence-corrected chi connectivity index (χ1v) is 9.14. The van der Waals surface area contributed by atoms with Crippen LogP contribution in [0.1, 0.15) is 26.6 Å². The maximum Gasteiger partial charge on any atom is 0.192 e. The normalized spacial score (nSPS) is 13.2. The number of hydrogen-bond donors (Lipinski definition) is 1. The third-order valence-corrected chi connectivity index (χ3v) is 8.16. The Kier molecular flexibility index (Phi) is 3.29. The smallest absolute Gasteiger partial charge is 0.192 e. The first kappa shape index (κ1) is 13.2. The van der Waals surface area contributed by atoms with E-state index in [1.165, 1.54) is 0 Å². The Morgan fingerprint density at radius 3 is 2.67 bits per heavy atom. The number of H-pyrrole nitrogens is 1. The average molecular weight is 263 g/mol. The molecule has 4 nitrogen and oxygen atoms in total. The molecule has 0 saturated carbocycles. The van der Waals surface area contributed by atoms with Crippen LogP contribution in [0.25, 0.3) is 11.2 Å². The lowest BCUT2D eigenvalue weighted by Crippen LogP contribution is -2.40. The molecule has 0 aliphatic carbocycles. The van der Waals surface area contributed by atoms with Crippen LogP contribution < -0.4 is 0 Å². The van der Waals surface area contributed by atoms with Crippen molar-refractivity contribution in [1.82, 2.24) is 15.0 Å². The molecule has 0 aliphatic rings. The van der Waals surface area contributed by atoms with Gasteiger partial charge in [-0.2, -0.15) is 0 Å². The summed E-state index contributed by atoms with van der Waals surface area (Å²) in [5, 5.41) is 0.220. The fraction of sp³-hybridized carbons (Fsp3) is 0.538. The molecule has 5 heteroatoms. The van der Waals surface area contributed by atoms with E-state index in [4.69, 9.17) is 4.43 Å². The fourth-order valence-electron chi connectivity index (χ4n) is 1.43. The summed E-state index contributed by atoms with van der Waals surface area (Å²) >= 11 is 0. The Balaban J connectivity index is 2.11. The summed E-state index contributed by atoms with van der Waals surface area (Å²) in [5.41, 5.74) is 1.72. The second-order valence-corrected chi connectivity index (χ2v) is 10.9. The Morgan fingerprint density at radius 1 is 1.33 bits per heavy atom. The molecule has 98 valence electrons. The summed E-state index contributed by atoms with van der Waals surface area (Å²) in [5.74, 6) is 0.855. The zero-order valence-corrected chi connectivity index (χ0v) is 12.7. The molecule has 0 bridgehead atoms. The van der Waals surface area contributed by atoms with Gasteiger partial charge < -0.3 is 9.41 Å². The third-order valence-electron chi connectivity index (χ3n) is 3.68. The number of imidazole rings is 1. The highest BCUT2D eigenvalue weighted by Crippen LogP contribution is 2.36. The molecule has 0 aromatic carbocycles. The second-order valence-electron chi connectivity index (χ2n) is 6.11. The number of hydrogen-bond acceptors (Lipinski definition) is 3. The molecule has 1 N–H and O–H groups in total. The summed E-state index contributed by atoms with van der Waals surface area (Å²) in [6, 6.07) is 3.88. The van der Waals surface area contributed by atoms with Crippen molar-refractivity contribution in [1.29, 1.82) is 0 Å². The number of nitrogens with one attached hydrogen (secondary N) is 1. The van der Waals surface area contributed by atoms with Crippen LogP contribution in [0.5, 0.6) is 0 Å². The summed E-state index contributed by atoms with van der Waals surface area (Å²) in [6.45, 7) is 11.7. The van der Waals surface area contributed by atoms with E-state index < -0.39 is 8.32 Å². The molecule has 0 aliphatic heterocycles. The minimum atomic E-state index is -1.72. The predicted octanol–water partition coefficient (Wildman–Crippen LogP) is 3.48. The highest BCUT2D eigenvalue weighted by molar-refractivity contribution is 6.74. The quantitative estimate of drug-likeness (QED) is 0.863. The molecule has 0 unspecified atom stereocenters. The topological polar surface area (TPSA) is 50.8 Å². The van der Waals surface area contributed by atoms with Gasteiger partial charge in [-0.15, -0.1) is 0 Å². The van der Waals surface area contributed by atoms with E-state index in [-0.39, 0.29) is 5.04 Å². The van der Waals surface area contributed by atoms with Gasteiger partial charge in [-0.1, -0.05) is 20.8 Å². The monoisotopic (exact) mass is 263 g/mol. The van der Waals surface area contributed by atoms with Crippen molar-refractivity contribution >= 4 is 19.5 Å². The van der Waals surface area contributed by atoms with Gasteiger partial charge in [0, 0.05) is 6.20 Å². The lowest BCUT2D eigenvalue weighted by atomic mass is 10.2. The van der Waals surface area contributed by atoms with Crippen LogP contribution in [-0.4, -0.2) is 23.3 Å². The number of fused-ring (bicyclic) bond motifs is 1. The molecule has 18 heavy (non-hydrogen) atoms. The summed E-state index contributed by atoms with van der Waals surface area (Å²) in [6.07, 6.45) is 1.75. The summed E-state index contributed by atoms with van der Waals surface area (Å²) in [4.78, 5) is 11.9. The standard InChI is InChI=1S/C13H21N3OSi/c1-13(2,3)18(4,5)17-9-11-15-10-7-6-8-14-12(10)16-11/h6-8H,9H2,1-5H3,(H,14,15,16). The second kappa shape index (κ2) is 4.48. The number of aromatic nitrogens is 3. The van der Waals surface area contributed by atoms with E-state index in [2.05, 4.69) is 48.8 Å². The van der Waals surface area contributed by atoms with E-state index in [1.54, 1.807) is 6.20 Å². The van der Waals surface area contributed by atoms with Crippen LogP contribution in [-0.2, 0) is 11.0 Å². The summed E-state index contributed by atoms with van der Waals surface area (Å²) < 4.78 is 6.13. The van der Waals surface area contributed by atoms with Crippen LogP contribution in [0, 0.1) is 0 Å². The van der Waals surface area contributed by atoms with Crippen LogP contribution in [0.4, 0.5) is 0 Å². The Labute approximate surface area is 109 Å². The van der Waals surface area contributed by atoms with Crippen molar-refractivity contribution in [2.75, 3.05) is 0 Å². The number of rotatable bonds is 3. The minimum absolute atomic E-state index is 0.220. The van der Waals surface area contributed by atoms with Gasteiger partial charge in [0.2, 0.25) is 0 Å². The van der Waals surface area contributed by atoms with Gasteiger partial charge in [0.1, 0.15) is 5.82 Å². The van der Waals surface area contributed by atoms with Gasteiger partial charge >= 0.3 is 0 Å². The molecule has 0 atom stereocenters. The highest BCUT2D eigenvalue weighted by atomic mass is 28.4.